The van der Waals surface area contributed by atoms with Crippen molar-refractivity contribution in [3.63, 3.8) is 0 Å². The van der Waals surface area contributed by atoms with Gasteiger partial charge in [0.05, 0.1) is 0 Å². The van der Waals surface area contributed by atoms with Crippen molar-refractivity contribution in [2.24, 2.45) is 0 Å². The molecule has 7 N–H and O–H groups in total. The zero-order valence-electron chi connectivity index (χ0n) is 6.37. The first-order valence-corrected chi connectivity index (χ1v) is 3.33. The number of aliphatic hydroxyl groups is 1. The van der Waals surface area contributed by atoms with Crippen LogP contribution in [0.4, 0.5) is 13.2 Å². The van der Waals surface area contributed by atoms with E-state index in [9.17, 15) is 13.2 Å². The molecule has 0 heterocycles. The second-order valence-electron chi connectivity index (χ2n) is 0.468. The zero-order chi connectivity index (χ0) is 6.50. The fourth-order valence-corrected chi connectivity index (χ4v) is 0. The molecule has 0 saturated heterocycles. The average molecular weight is 592 g/mol. The summed E-state index contributed by atoms with van der Waals surface area (Å²) < 4.78 is 29.7. The van der Waals surface area contributed by atoms with Gasteiger partial charge in [0.1, 0.15) is 0 Å². The first kappa shape index (κ1) is 56.7. The minimum atomic E-state index is -5.00. The van der Waals surface area contributed by atoms with Crippen molar-refractivity contribution in [2.45, 2.75) is 6.36 Å². The van der Waals surface area contributed by atoms with Gasteiger partial charge in [0, 0.05) is 52.4 Å². The van der Waals surface area contributed by atoms with Crippen molar-refractivity contribution in [3.05, 3.63) is 0 Å². The molecule has 0 amide bonds. The summed E-state index contributed by atoms with van der Waals surface area (Å²) in [5.74, 6) is 0. The first-order valence-electron chi connectivity index (χ1n) is 1.17. The Labute approximate surface area is 143 Å². The molecule has 0 atom stereocenters. The zero-order valence-corrected chi connectivity index (χ0v) is 15.8. The molecule has 11 heteroatoms. The fraction of sp³-hybridized carbons (Fsp3) is 1.00. The van der Waals surface area contributed by atoms with Gasteiger partial charge >= 0.3 is 6.36 Å². The Morgan fingerprint density at radius 3 is 0.923 bits per heavy atom. The molecular weight excluding hydrogens is 581 g/mol. The molecule has 0 aliphatic heterocycles. The van der Waals surface area contributed by atoms with Crippen molar-refractivity contribution >= 4 is 46.6 Å². The molecule has 0 aromatic rings. The minimum Gasteiger partial charge on any atom is -0.412 e. The van der Waals surface area contributed by atoms with E-state index in [0.29, 0.717) is 0 Å². The van der Waals surface area contributed by atoms with Crippen LogP contribution in [0.15, 0.2) is 0 Å². The molecule has 0 unspecified atom stereocenters. The Kier molecular flexibility index (Phi) is 159. The van der Waals surface area contributed by atoms with Gasteiger partial charge in [0.2, 0.25) is 0 Å². The van der Waals surface area contributed by atoms with E-state index in [1.54, 1.807) is 0 Å². The molecule has 4 nitrogen and oxygen atoms in total. The fourth-order valence-electron chi connectivity index (χ4n) is 0. The smallest absolute Gasteiger partial charge is 0.412 e. The molecule has 0 fully saturated rings. The van der Waals surface area contributed by atoms with E-state index < -0.39 is 6.36 Å². The second-order valence-corrected chi connectivity index (χ2v) is 0.468. The van der Waals surface area contributed by atoms with E-state index in [2.05, 4.69) is 22.6 Å². The van der Waals surface area contributed by atoms with E-state index in [-0.39, 0.29) is 92.8 Å². The predicted octanol–water partition coefficient (Wildman–Crippen LogP) is -0.311. The van der Waals surface area contributed by atoms with Crippen LogP contribution in [0.1, 0.15) is 0 Å². The third-order valence-corrected chi connectivity index (χ3v) is 0. The van der Waals surface area contributed by atoms with Crippen LogP contribution in [-0.2, 0) is 52.4 Å². The van der Waals surface area contributed by atoms with Gasteiger partial charge in [0.15, 0.2) is 0 Å². The van der Waals surface area contributed by atoms with Gasteiger partial charge in [-0.05, 0) is 4.93 Å². The van der Waals surface area contributed by atoms with Crippen molar-refractivity contribution < 1.29 is 87.1 Å². The number of halogens is 5. The van der Waals surface area contributed by atoms with Crippen LogP contribution in [0.2, 0.25) is 0 Å². The number of hydrogen-bond donors (Lipinski definition) is 1. The summed E-state index contributed by atoms with van der Waals surface area (Å²) in [5.41, 5.74) is 0. The monoisotopic (exact) mass is 590 g/mol. The standard InChI is InChI=1S/CHF3O.CH3I.HI.3H2O.2Zr/c2-1(3,4)5;1-2;;;;;;/h5H;1H3;1H;3*1H2;;. The van der Waals surface area contributed by atoms with Crippen LogP contribution in [0.25, 0.3) is 0 Å². The summed E-state index contributed by atoms with van der Waals surface area (Å²) in [6.45, 7) is 0. The van der Waals surface area contributed by atoms with E-state index in [4.69, 9.17) is 5.11 Å². The summed E-state index contributed by atoms with van der Waals surface area (Å²) in [4.78, 5) is 1.97. The first-order chi connectivity index (χ1) is 3.00. The molecular formula is C2H11F3I2O4Zr2. The molecule has 0 aliphatic rings. The van der Waals surface area contributed by atoms with Gasteiger partial charge in [0.25, 0.3) is 0 Å². The third-order valence-electron chi connectivity index (χ3n) is 0. The van der Waals surface area contributed by atoms with E-state index >= 15 is 0 Å². The summed E-state index contributed by atoms with van der Waals surface area (Å²) in [7, 11) is 0. The number of alkyl halides is 4. The molecule has 13 heavy (non-hydrogen) atoms. The number of hydrogen-bond acceptors (Lipinski definition) is 1. The Balaban J connectivity index is -0.00000000492. The maximum Gasteiger partial charge on any atom is 0.519 e. The van der Waals surface area contributed by atoms with Crippen LogP contribution in [0.3, 0.4) is 0 Å². The van der Waals surface area contributed by atoms with Crippen molar-refractivity contribution in [3.8, 4) is 0 Å². The maximum absolute atomic E-state index is 9.91. The van der Waals surface area contributed by atoms with Gasteiger partial charge in [-0.25, -0.2) is 0 Å². The summed E-state index contributed by atoms with van der Waals surface area (Å²) in [6.07, 6.45) is -5.00. The maximum atomic E-state index is 9.91. The Morgan fingerprint density at radius 2 is 0.923 bits per heavy atom. The Bertz CT molecular complexity index is 44.9. The predicted molar refractivity (Wildman–Crippen MR) is 54.5 cm³/mol. The summed E-state index contributed by atoms with van der Waals surface area (Å²) in [6, 6.07) is 0. The molecule has 0 rings (SSSR count). The van der Waals surface area contributed by atoms with Crippen LogP contribution in [0, 0.1) is 0 Å². The Morgan fingerprint density at radius 1 is 0.923 bits per heavy atom. The van der Waals surface area contributed by atoms with Gasteiger partial charge in [-0.3, -0.25) is 0 Å². The third kappa shape index (κ3) is 301. The van der Waals surface area contributed by atoms with Crippen molar-refractivity contribution in [2.75, 3.05) is 4.93 Å². The second kappa shape index (κ2) is 36.4. The van der Waals surface area contributed by atoms with Gasteiger partial charge in [-0.1, -0.05) is 22.6 Å². The van der Waals surface area contributed by atoms with E-state index in [0.717, 1.165) is 0 Å². The average Bonchev–Trinajstić information content (AvgIpc) is 1.36. The molecule has 0 aromatic carbocycles. The molecule has 86 valence electrons. The quantitative estimate of drug-likeness (QED) is 0.302. The van der Waals surface area contributed by atoms with E-state index in [1.807, 2.05) is 4.93 Å². The van der Waals surface area contributed by atoms with Crippen LogP contribution >= 0.6 is 46.6 Å². The SMILES string of the molecule is CI.I.O.O.O.OC(F)(F)F.[Zr].[Zr]. The van der Waals surface area contributed by atoms with Gasteiger partial charge in [-0.15, -0.1) is 37.1 Å². The van der Waals surface area contributed by atoms with Gasteiger partial charge < -0.3 is 21.5 Å². The summed E-state index contributed by atoms with van der Waals surface area (Å²) >= 11 is 2.15. The Hall–Kier alpha value is 2.86. The van der Waals surface area contributed by atoms with Crippen LogP contribution < -0.4 is 0 Å². The van der Waals surface area contributed by atoms with Crippen molar-refractivity contribution in [1.82, 2.24) is 0 Å². The molecule has 0 bridgehead atoms. The number of rotatable bonds is 0. The minimum absolute atomic E-state index is 0. The normalized spacial score (nSPS) is 5.08. The molecule has 0 aliphatic carbocycles. The summed E-state index contributed by atoms with van der Waals surface area (Å²) in [5, 5.41) is 6.52. The molecule has 0 spiro atoms. The van der Waals surface area contributed by atoms with Gasteiger partial charge in [-0.2, -0.15) is 0 Å². The topological polar surface area (TPSA) is 115 Å². The van der Waals surface area contributed by atoms with Crippen molar-refractivity contribution in [1.29, 1.82) is 0 Å². The van der Waals surface area contributed by atoms with E-state index in [1.165, 1.54) is 0 Å². The van der Waals surface area contributed by atoms with Crippen LogP contribution in [-0.4, -0.2) is 32.8 Å². The molecule has 0 aromatic heterocycles. The van der Waals surface area contributed by atoms with Crippen LogP contribution in [0.5, 0.6) is 0 Å². The molecule has 0 radical (unpaired) electrons. The molecule has 0 saturated carbocycles. The largest absolute Gasteiger partial charge is 0.519 e.